The Bertz CT molecular complexity index is 544. The van der Waals surface area contributed by atoms with Crippen LogP contribution >= 0.6 is 0 Å². The van der Waals surface area contributed by atoms with E-state index in [-0.39, 0.29) is 0 Å². The Kier molecular flexibility index (Phi) is 3.11. The standard InChI is InChI=1S/C14H18N4/c1-2-8-18-14(10-16-17-18)12-5-3-4-11-6-7-15-9-13(11)12/h3-5,10,15H,2,6-9H2,1H3. The Morgan fingerprint density at radius 2 is 2.33 bits per heavy atom. The van der Waals surface area contributed by atoms with Crippen molar-refractivity contribution >= 4 is 0 Å². The van der Waals surface area contributed by atoms with E-state index in [0.717, 1.165) is 38.2 Å². The monoisotopic (exact) mass is 242 g/mol. The Hall–Kier alpha value is -1.68. The lowest BCUT2D eigenvalue weighted by molar-refractivity contribution is 0.582. The Labute approximate surface area is 107 Å². The molecule has 18 heavy (non-hydrogen) atoms. The molecule has 0 fully saturated rings. The maximum atomic E-state index is 4.18. The van der Waals surface area contributed by atoms with E-state index in [2.05, 4.69) is 40.8 Å². The van der Waals surface area contributed by atoms with Gasteiger partial charge >= 0.3 is 0 Å². The molecular weight excluding hydrogens is 224 g/mol. The van der Waals surface area contributed by atoms with Gasteiger partial charge in [-0.2, -0.15) is 0 Å². The molecule has 0 aliphatic carbocycles. The first-order valence-corrected chi connectivity index (χ1v) is 6.60. The van der Waals surface area contributed by atoms with Gasteiger partial charge in [-0.25, -0.2) is 4.68 Å². The van der Waals surface area contributed by atoms with Crippen molar-refractivity contribution in [2.75, 3.05) is 6.54 Å². The summed E-state index contributed by atoms with van der Waals surface area (Å²) in [6, 6.07) is 6.55. The van der Waals surface area contributed by atoms with Crippen LogP contribution in [0.5, 0.6) is 0 Å². The number of aromatic nitrogens is 3. The Balaban J connectivity index is 2.08. The molecule has 94 valence electrons. The van der Waals surface area contributed by atoms with Gasteiger partial charge in [0.2, 0.25) is 0 Å². The molecule has 0 saturated heterocycles. The van der Waals surface area contributed by atoms with Gasteiger partial charge in [-0.1, -0.05) is 30.3 Å². The zero-order valence-corrected chi connectivity index (χ0v) is 10.7. The second kappa shape index (κ2) is 4.90. The van der Waals surface area contributed by atoms with E-state index in [1.165, 1.54) is 16.7 Å². The predicted molar refractivity (Wildman–Crippen MR) is 71.2 cm³/mol. The third-order valence-electron chi connectivity index (χ3n) is 3.47. The molecule has 3 rings (SSSR count). The van der Waals surface area contributed by atoms with Crippen LogP contribution in [0.4, 0.5) is 0 Å². The topological polar surface area (TPSA) is 42.7 Å². The van der Waals surface area contributed by atoms with Crippen molar-refractivity contribution in [3.63, 3.8) is 0 Å². The first kappa shape index (κ1) is 11.4. The van der Waals surface area contributed by atoms with Gasteiger partial charge in [-0.05, 0) is 30.5 Å². The minimum atomic E-state index is 0.923. The molecule has 1 aliphatic rings. The van der Waals surface area contributed by atoms with Gasteiger partial charge in [0, 0.05) is 18.7 Å². The fourth-order valence-corrected chi connectivity index (χ4v) is 2.60. The van der Waals surface area contributed by atoms with Crippen molar-refractivity contribution in [1.29, 1.82) is 0 Å². The minimum Gasteiger partial charge on any atom is -0.312 e. The summed E-state index contributed by atoms with van der Waals surface area (Å²) < 4.78 is 2.00. The SMILES string of the molecule is CCCn1nncc1-c1cccc2c1CNCC2. The molecule has 0 spiro atoms. The summed E-state index contributed by atoms with van der Waals surface area (Å²) in [4.78, 5) is 0. The molecule has 4 heteroatoms. The second-order valence-corrected chi connectivity index (χ2v) is 4.71. The van der Waals surface area contributed by atoms with Crippen molar-refractivity contribution in [3.05, 3.63) is 35.5 Å². The van der Waals surface area contributed by atoms with Gasteiger partial charge in [0.15, 0.2) is 0 Å². The van der Waals surface area contributed by atoms with Crippen LogP contribution in [0.2, 0.25) is 0 Å². The Morgan fingerprint density at radius 1 is 1.39 bits per heavy atom. The van der Waals surface area contributed by atoms with Crippen LogP contribution in [0.25, 0.3) is 11.3 Å². The summed E-state index contributed by atoms with van der Waals surface area (Å²) in [6.07, 6.45) is 4.06. The van der Waals surface area contributed by atoms with E-state index in [0.29, 0.717) is 0 Å². The Morgan fingerprint density at radius 3 is 3.22 bits per heavy atom. The predicted octanol–water partition coefficient (Wildman–Crippen LogP) is 2.00. The molecule has 1 aromatic carbocycles. The highest BCUT2D eigenvalue weighted by molar-refractivity contribution is 5.65. The van der Waals surface area contributed by atoms with E-state index in [1.54, 1.807) is 0 Å². The lowest BCUT2D eigenvalue weighted by atomic mass is 9.94. The van der Waals surface area contributed by atoms with Crippen LogP contribution in [0.1, 0.15) is 24.5 Å². The van der Waals surface area contributed by atoms with Crippen LogP contribution in [0.3, 0.4) is 0 Å². The number of rotatable bonds is 3. The average molecular weight is 242 g/mol. The first-order valence-electron chi connectivity index (χ1n) is 6.60. The number of hydrogen-bond acceptors (Lipinski definition) is 3. The van der Waals surface area contributed by atoms with Gasteiger partial charge in [0.25, 0.3) is 0 Å². The van der Waals surface area contributed by atoms with E-state index >= 15 is 0 Å². The summed E-state index contributed by atoms with van der Waals surface area (Å²) in [5.74, 6) is 0. The molecular formula is C14H18N4. The first-order chi connectivity index (χ1) is 8.90. The molecule has 0 atom stereocenters. The summed E-state index contributed by atoms with van der Waals surface area (Å²) in [5, 5.41) is 11.7. The van der Waals surface area contributed by atoms with Crippen molar-refractivity contribution in [3.8, 4) is 11.3 Å². The summed E-state index contributed by atoms with van der Waals surface area (Å²) in [5.41, 5.74) is 5.27. The highest BCUT2D eigenvalue weighted by Crippen LogP contribution is 2.27. The summed E-state index contributed by atoms with van der Waals surface area (Å²) in [6.45, 7) is 5.10. The third kappa shape index (κ3) is 1.93. The highest BCUT2D eigenvalue weighted by Gasteiger charge is 2.16. The fraction of sp³-hybridized carbons (Fsp3) is 0.429. The van der Waals surface area contributed by atoms with Gasteiger partial charge in [-0.3, -0.25) is 0 Å². The normalized spacial score (nSPS) is 14.5. The molecule has 0 bridgehead atoms. The molecule has 0 saturated carbocycles. The zero-order valence-electron chi connectivity index (χ0n) is 10.7. The number of fused-ring (bicyclic) bond motifs is 1. The zero-order chi connectivity index (χ0) is 12.4. The lowest BCUT2D eigenvalue weighted by Crippen LogP contribution is -2.24. The lowest BCUT2D eigenvalue weighted by Gasteiger charge is -2.20. The van der Waals surface area contributed by atoms with Crippen LogP contribution < -0.4 is 5.32 Å². The fourth-order valence-electron chi connectivity index (χ4n) is 2.60. The smallest absolute Gasteiger partial charge is 0.0888 e. The molecule has 4 nitrogen and oxygen atoms in total. The van der Waals surface area contributed by atoms with E-state index < -0.39 is 0 Å². The molecule has 1 N–H and O–H groups in total. The van der Waals surface area contributed by atoms with Crippen molar-refractivity contribution in [2.45, 2.75) is 32.9 Å². The largest absolute Gasteiger partial charge is 0.312 e. The van der Waals surface area contributed by atoms with Gasteiger partial charge in [-0.15, -0.1) is 5.10 Å². The quantitative estimate of drug-likeness (QED) is 0.895. The van der Waals surface area contributed by atoms with Crippen LogP contribution in [-0.2, 0) is 19.5 Å². The molecule has 0 radical (unpaired) electrons. The molecule has 2 aromatic rings. The van der Waals surface area contributed by atoms with Gasteiger partial charge < -0.3 is 5.32 Å². The van der Waals surface area contributed by atoms with Crippen molar-refractivity contribution < 1.29 is 0 Å². The van der Waals surface area contributed by atoms with Crippen molar-refractivity contribution in [1.82, 2.24) is 20.3 Å². The second-order valence-electron chi connectivity index (χ2n) is 4.71. The number of nitrogens with zero attached hydrogens (tertiary/aromatic N) is 3. The summed E-state index contributed by atoms with van der Waals surface area (Å²) >= 11 is 0. The molecule has 1 aliphatic heterocycles. The van der Waals surface area contributed by atoms with Crippen LogP contribution in [0.15, 0.2) is 24.4 Å². The number of aryl methyl sites for hydroxylation is 1. The molecule has 1 aromatic heterocycles. The number of hydrogen-bond donors (Lipinski definition) is 1. The van der Waals surface area contributed by atoms with Crippen LogP contribution in [0, 0.1) is 0 Å². The van der Waals surface area contributed by atoms with Crippen molar-refractivity contribution in [2.24, 2.45) is 0 Å². The van der Waals surface area contributed by atoms with Crippen LogP contribution in [-0.4, -0.2) is 21.5 Å². The average Bonchev–Trinajstić information content (AvgIpc) is 2.87. The minimum absolute atomic E-state index is 0.923. The third-order valence-corrected chi connectivity index (χ3v) is 3.47. The van der Waals surface area contributed by atoms with Gasteiger partial charge in [0.1, 0.15) is 0 Å². The maximum Gasteiger partial charge on any atom is 0.0888 e. The number of nitrogens with one attached hydrogen (secondary N) is 1. The molecule has 0 amide bonds. The maximum absolute atomic E-state index is 4.18. The van der Waals surface area contributed by atoms with E-state index in [4.69, 9.17) is 0 Å². The van der Waals surface area contributed by atoms with E-state index in [9.17, 15) is 0 Å². The highest BCUT2D eigenvalue weighted by atomic mass is 15.4. The molecule has 2 heterocycles. The number of benzene rings is 1. The summed E-state index contributed by atoms with van der Waals surface area (Å²) in [7, 11) is 0. The molecule has 0 unspecified atom stereocenters. The van der Waals surface area contributed by atoms with E-state index in [1.807, 2.05) is 10.9 Å². The van der Waals surface area contributed by atoms with Gasteiger partial charge in [0.05, 0.1) is 11.9 Å².